The van der Waals surface area contributed by atoms with Crippen LogP contribution in [-0.2, 0) is 6.61 Å². The molecule has 4 heteroatoms. The fourth-order valence-corrected chi connectivity index (χ4v) is 1.80. The van der Waals surface area contributed by atoms with Crippen molar-refractivity contribution >= 4 is 5.82 Å². The average molecular weight is 245 g/mol. The first kappa shape index (κ1) is 12.5. The molecular weight excluding hydrogens is 226 g/mol. The second-order valence-corrected chi connectivity index (χ2v) is 4.70. The molecule has 2 N–H and O–H groups in total. The summed E-state index contributed by atoms with van der Waals surface area (Å²) in [6, 6.07) is 8.22. The number of ether oxygens (including phenoxy) is 1. The summed E-state index contributed by atoms with van der Waals surface area (Å²) >= 11 is 0. The Morgan fingerprint density at radius 2 is 2.17 bits per heavy atom. The van der Waals surface area contributed by atoms with Crippen LogP contribution in [0.3, 0.4) is 0 Å². The topological polar surface area (TPSA) is 53.1 Å². The maximum absolute atomic E-state index is 6.02. The molecule has 0 amide bonds. The number of hydrogen-bond donors (Lipinski definition) is 1. The fourth-order valence-electron chi connectivity index (χ4n) is 1.80. The quantitative estimate of drug-likeness (QED) is 0.901. The Morgan fingerprint density at radius 1 is 1.39 bits per heavy atom. The summed E-state index contributed by atoms with van der Waals surface area (Å²) in [5.74, 6) is 1.53. The molecule has 0 radical (unpaired) electrons. The molecule has 4 nitrogen and oxygen atoms in total. The Balaban J connectivity index is 2.07. The van der Waals surface area contributed by atoms with Gasteiger partial charge in [0.05, 0.1) is 11.8 Å². The molecule has 0 saturated heterocycles. The Kier molecular flexibility index (Phi) is 3.55. The third-order valence-electron chi connectivity index (χ3n) is 2.79. The number of hydrogen-bond acceptors (Lipinski definition) is 3. The van der Waals surface area contributed by atoms with E-state index in [0.717, 1.165) is 11.3 Å². The molecule has 0 saturated carbocycles. The molecule has 2 aromatic rings. The average Bonchev–Trinajstić information content (AvgIpc) is 2.68. The fraction of sp³-hybridized carbons (Fsp3) is 0.357. The van der Waals surface area contributed by atoms with Crippen LogP contribution >= 0.6 is 0 Å². The van der Waals surface area contributed by atoms with Crippen LogP contribution in [0.2, 0.25) is 0 Å². The van der Waals surface area contributed by atoms with E-state index in [2.05, 4.69) is 18.9 Å². The van der Waals surface area contributed by atoms with E-state index in [1.54, 1.807) is 10.9 Å². The van der Waals surface area contributed by atoms with Crippen LogP contribution in [-0.4, -0.2) is 9.78 Å². The van der Waals surface area contributed by atoms with Gasteiger partial charge in [0.25, 0.3) is 0 Å². The third-order valence-corrected chi connectivity index (χ3v) is 2.79. The van der Waals surface area contributed by atoms with Crippen molar-refractivity contribution in [3.63, 3.8) is 0 Å². The minimum atomic E-state index is 0.262. The van der Waals surface area contributed by atoms with Gasteiger partial charge in [-0.05, 0) is 38.5 Å². The molecule has 18 heavy (non-hydrogen) atoms. The van der Waals surface area contributed by atoms with Crippen molar-refractivity contribution in [2.24, 2.45) is 0 Å². The molecule has 0 spiro atoms. The van der Waals surface area contributed by atoms with E-state index in [0.29, 0.717) is 12.4 Å². The smallest absolute Gasteiger partial charge is 0.128 e. The van der Waals surface area contributed by atoms with Crippen molar-refractivity contribution in [2.45, 2.75) is 33.4 Å². The number of rotatable bonds is 4. The molecular formula is C14H19N3O. The molecule has 96 valence electrons. The van der Waals surface area contributed by atoms with Crippen LogP contribution < -0.4 is 10.5 Å². The van der Waals surface area contributed by atoms with Gasteiger partial charge in [-0.2, -0.15) is 5.10 Å². The van der Waals surface area contributed by atoms with E-state index in [-0.39, 0.29) is 6.04 Å². The highest BCUT2D eigenvalue weighted by molar-refractivity contribution is 5.39. The zero-order valence-electron chi connectivity index (χ0n) is 11.1. The highest BCUT2D eigenvalue weighted by atomic mass is 16.5. The van der Waals surface area contributed by atoms with E-state index in [1.165, 1.54) is 5.56 Å². The predicted octanol–water partition coefficient (Wildman–Crippen LogP) is 2.93. The van der Waals surface area contributed by atoms with Crippen molar-refractivity contribution in [3.8, 4) is 5.75 Å². The number of nitrogen functional groups attached to an aromatic ring is 1. The Morgan fingerprint density at radius 3 is 2.78 bits per heavy atom. The van der Waals surface area contributed by atoms with Crippen LogP contribution in [0.4, 0.5) is 5.82 Å². The summed E-state index contributed by atoms with van der Waals surface area (Å²) in [6.07, 6.45) is 1.77. The van der Waals surface area contributed by atoms with Crippen molar-refractivity contribution in [1.82, 2.24) is 9.78 Å². The molecule has 0 fully saturated rings. The highest BCUT2D eigenvalue weighted by Gasteiger charge is 2.10. The zero-order valence-corrected chi connectivity index (χ0v) is 11.1. The van der Waals surface area contributed by atoms with Crippen molar-refractivity contribution in [3.05, 3.63) is 41.6 Å². The van der Waals surface area contributed by atoms with Gasteiger partial charge in [0.15, 0.2) is 0 Å². The lowest BCUT2D eigenvalue weighted by molar-refractivity contribution is 0.306. The van der Waals surface area contributed by atoms with E-state index in [9.17, 15) is 0 Å². The van der Waals surface area contributed by atoms with Crippen molar-refractivity contribution in [1.29, 1.82) is 0 Å². The summed E-state index contributed by atoms with van der Waals surface area (Å²) in [7, 11) is 0. The first-order valence-corrected chi connectivity index (χ1v) is 6.09. The van der Waals surface area contributed by atoms with Gasteiger partial charge in [0.1, 0.15) is 18.2 Å². The maximum atomic E-state index is 6.02. The summed E-state index contributed by atoms with van der Waals surface area (Å²) in [5, 5.41) is 4.26. The number of anilines is 1. The molecule has 0 atom stereocenters. The number of aromatic nitrogens is 2. The van der Waals surface area contributed by atoms with E-state index >= 15 is 0 Å². The standard InChI is InChI=1S/C14H19N3O/c1-10(2)17-14(15)12(8-16-17)9-18-13-6-4-5-11(3)7-13/h4-8,10H,9,15H2,1-3H3. The van der Waals surface area contributed by atoms with Gasteiger partial charge < -0.3 is 10.5 Å². The van der Waals surface area contributed by atoms with E-state index in [4.69, 9.17) is 10.5 Å². The van der Waals surface area contributed by atoms with Crippen LogP contribution in [0.25, 0.3) is 0 Å². The Labute approximate surface area is 107 Å². The molecule has 2 rings (SSSR count). The Hall–Kier alpha value is -1.97. The van der Waals surface area contributed by atoms with Crippen LogP contribution in [0.1, 0.15) is 31.0 Å². The minimum absolute atomic E-state index is 0.262. The first-order valence-electron chi connectivity index (χ1n) is 6.09. The predicted molar refractivity (Wildman–Crippen MR) is 72.5 cm³/mol. The van der Waals surface area contributed by atoms with Crippen molar-refractivity contribution < 1.29 is 4.74 Å². The Bertz CT molecular complexity index is 532. The van der Waals surface area contributed by atoms with Gasteiger partial charge in [0.2, 0.25) is 0 Å². The number of benzene rings is 1. The molecule has 1 heterocycles. The van der Waals surface area contributed by atoms with Crippen LogP contribution in [0, 0.1) is 6.92 Å². The molecule has 1 aromatic heterocycles. The number of aryl methyl sites for hydroxylation is 1. The number of nitrogens with two attached hydrogens (primary N) is 1. The summed E-state index contributed by atoms with van der Waals surface area (Å²) in [6.45, 7) is 6.59. The van der Waals surface area contributed by atoms with Gasteiger partial charge in [-0.15, -0.1) is 0 Å². The lowest BCUT2D eigenvalue weighted by atomic mass is 10.2. The largest absolute Gasteiger partial charge is 0.489 e. The SMILES string of the molecule is Cc1cccc(OCc2cnn(C(C)C)c2N)c1. The van der Waals surface area contributed by atoms with Gasteiger partial charge in [-0.25, -0.2) is 4.68 Å². The molecule has 1 aromatic carbocycles. The van der Waals surface area contributed by atoms with Crippen molar-refractivity contribution in [2.75, 3.05) is 5.73 Å². The first-order chi connectivity index (χ1) is 8.58. The molecule has 0 aliphatic carbocycles. The van der Waals surface area contributed by atoms with Gasteiger partial charge in [-0.3, -0.25) is 0 Å². The molecule has 0 aliphatic rings. The zero-order chi connectivity index (χ0) is 13.1. The number of nitrogens with zero attached hydrogens (tertiary/aromatic N) is 2. The van der Waals surface area contributed by atoms with Gasteiger partial charge in [-0.1, -0.05) is 12.1 Å². The summed E-state index contributed by atoms with van der Waals surface area (Å²) < 4.78 is 7.51. The monoisotopic (exact) mass is 245 g/mol. The molecule has 0 aliphatic heterocycles. The normalized spacial score (nSPS) is 10.9. The van der Waals surface area contributed by atoms with Gasteiger partial charge >= 0.3 is 0 Å². The summed E-state index contributed by atoms with van der Waals surface area (Å²) in [5.41, 5.74) is 8.12. The third kappa shape index (κ3) is 2.64. The van der Waals surface area contributed by atoms with Crippen LogP contribution in [0.15, 0.2) is 30.5 Å². The lowest BCUT2D eigenvalue weighted by Gasteiger charge is -2.09. The highest BCUT2D eigenvalue weighted by Crippen LogP contribution is 2.19. The molecule has 0 unspecified atom stereocenters. The second-order valence-electron chi connectivity index (χ2n) is 4.70. The van der Waals surface area contributed by atoms with Gasteiger partial charge in [0, 0.05) is 6.04 Å². The van der Waals surface area contributed by atoms with E-state index in [1.807, 2.05) is 31.2 Å². The maximum Gasteiger partial charge on any atom is 0.128 e. The summed E-state index contributed by atoms with van der Waals surface area (Å²) in [4.78, 5) is 0. The lowest BCUT2D eigenvalue weighted by Crippen LogP contribution is -2.08. The second kappa shape index (κ2) is 5.12. The minimum Gasteiger partial charge on any atom is -0.489 e. The molecule has 0 bridgehead atoms. The van der Waals surface area contributed by atoms with E-state index < -0.39 is 0 Å². The van der Waals surface area contributed by atoms with Crippen LogP contribution in [0.5, 0.6) is 5.75 Å².